The fourth-order valence-corrected chi connectivity index (χ4v) is 2.26. The highest BCUT2D eigenvalue weighted by Gasteiger charge is 2.24. The number of carbonyl (C=O) groups is 1. The Labute approximate surface area is 92.8 Å². The van der Waals surface area contributed by atoms with E-state index < -0.39 is 0 Å². The zero-order valence-electron chi connectivity index (χ0n) is 10.1. The van der Waals surface area contributed by atoms with Crippen molar-refractivity contribution in [3.05, 3.63) is 0 Å². The van der Waals surface area contributed by atoms with E-state index in [-0.39, 0.29) is 11.9 Å². The summed E-state index contributed by atoms with van der Waals surface area (Å²) in [6.07, 6.45) is 4.70. The van der Waals surface area contributed by atoms with Crippen LogP contribution in [-0.4, -0.2) is 18.0 Å². The summed E-state index contributed by atoms with van der Waals surface area (Å²) in [5.74, 6) is 1.60. The van der Waals surface area contributed by atoms with E-state index in [9.17, 15) is 4.79 Å². The third-order valence-corrected chi connectivity index (χ3v) is 3.47. The first-order valence-corrected chi connectivity index (χ1v) is 6.06. The predicted octanol–water partition coefficient (Wildman–Crippen LogP) is 1.66. The largest absolute Gasteiger partial charge is 0.352 e. The van der Waals surface area contributed by atoms with Crippen molar-refractivity contribution in [1.29, 1.82) is 0 Å². The van der Waals surface area contributed by atoms with Crippen molar-refractivity contribution in [2.75, 3.05) is 0 Å². The Morgan fingerprint density at radius 1 is 1.20 bits per heavy atom. The normalized spacial score (nSPS) is 28.9. The second-order valence-corrected chi connectivity index (χ2v) is 5.15. The number of nitrogens with one attached hydrogen (secondary N) is 1. The van der Waals surface area contributed by atoms with Gasteiger partial charge in [-0.05, 0) is 44.4 Å². The lowest BCUT2D eigenvalue weighted by atomic mass is 9.79. The highest BCUT2D eigenvalue weighted by Crippen LogP contribution is 2.29. The zero-order valence-corrected chi connectivity index (χ0v) is 10.1. The van der Waals surface area contributed by atoms with Crippen LogP contribution >= 0.6 is 0 Å². The molecule has 0 radical (unpaired) electrons. The van der Waals surface area contributed by atoms with Gasteiger partial charge in [-0.2, -0.15) is 0 Å². The molecule has 3 heteroatoms. The average Bonchev–Trinajstić information content (AvgIpc) is 2.18. The molecular weight excluding hydrogens is 188 g/mol. The minimum atomic E-state index is -0.382. The highest BCUT2D eigenvalue weighted by molar-refractivity contribution is 5.81. The molecule has 0 aromatic rings. The molecule has 1 rings (SSSR count). The molecule has 1 aliphatic rings. The Morgan fingerprint density at radius 3 is 2.13 bits per heavy atom. The number of nitrogens with two attached hydrogens (primary N) is 1. The van der Waals surface area contributed by atoms with E-state index in [1.807, 2.05) is 0 Å². The van der Waals surface area contributed by atoms with Crippen LogP contribution in [0.1, 0.15) is 46.5 Å². The number of amides is 1. The second kappa shape index (κ2) is 5.50. The van der Waals surface area contributed by atoms with Gasteiger partial charge in [0.1, 0.15) is 0 Å². The SMILES string of the molecule is CC(N)C(=O)NC1CCC(C(C)C)CC1. The van der Waals surface area contributed by atoms with E-state index in [4.69, 9.17) is 5.73 Å². The van der Waals surface area contributed by atoms with Crippen molar-refractivity contribution in [3.8, 4) is 0 Å². The van der Waals surface area contributed by atoms with E-state index in [0.29, 0.717) is 6.04 Å². The van der Waals surface area contributed by atoms with Gasteiger partial charge in [-0.15, -0.1) is 0 Å². The van der Waals surface area contributed by atoms with Crippen molar-refractivity contribution in [3.63, 3.8) is 0 Å². The van der Waals surface area contributed by atoms with Crippen molar-refractivity contribution in [2.24, 2.45) is 17.6 Å². The van der Waals surface area contributed by atoms with Crippen molar-refractivity contribution >= 4 is 5.91 Å². The van der Waals surface area contributed by atoms with Gasteiger partial charge >= 0.3 is 0 Å². The van der Waals surface area contributed by atoms with Crippen LogP contribution in [0.2, 0.25) is 0 Å². The molecular formula is C12H24N2O. The fraction of sp³-hybridized carbons (Fsp3) is 0.917. The van der Waals surface area contributed by atoms with Crippen molar-refractivity contribution < 1.29 is 4.79 Å². The molecule has 1 atom stereocenters. The molecule has 0 saturated heterocycles. The van der Waals surface area contributed by atoms with E-state index in [0.717, 1.165) is 24.7 Å². The van der Waals surface area contributed by atoms with E-state index in [2.05, 4.69) is 19.2 Å². The van der Waals surface area contributed by atoms with Gasteiger partial charge < -0.3 is 11.1 Å². The first kappa shape index (κ1) is 12.5. The fourth-order valence-electron chi connectivity index (χ4n) is 2.26. The maximum Gasteiger partial charge on any atom is 0.236 e. The van der Waals surface area contributed by atoms with Gasteiger partial charge in [-0.1, -0.05) is 13.8 Å². The van der Waals surface area contributed by atoms with Gasteiger partial charge in [0, 0.05) is 6.04 Å². The zero-order chi connectivity index (χ0) is 11.4. The van der Waals surface area contributed by atoms with Gasteiger partial charge in [-0.25, -0.2) is 0 Å². The third kappa shape index (κ3) is 3.82. The molecule has 0 spiro atoms. The minimum absolute atomic E-state index is 0.0111. The summed E-state index contributed by atoms with van der Waals surface area (Å²) < 4.78 is 0. The molecule has 0 aromatic heterocycles. The molecule has 0 aliphatic heterocycles. The number of rotatable bonds is 3. The van der Waals surface area contributed by atoms with E-state index in [1.165, 1.54) is 12.8 Å². The first-order chi connectivity index (χ1) is 7.00. The summed E-state index contributed by atoms with van der Waals surface area (Å²) in [7, 11) is 0. The quantitative estimate of drug-likeness (QED) is 0.747. The van der Waals surface area contributed by atoms with Gasteiger partial charge in [0.25, 0.3) is 0 Å². The maximum atomic E-state index is 11.4. The van der Waals surface area contributed by atoms with Crippen LogP contribution in [0.15, 0.2) is 0 Å². The summed E-state index contributed by atoms with van der Waals surface area (Å²) in [5.41, 5.74) is 5.52. The van der Waals surface area contributed by atoms with Crippen LogP contribution in [0, 0.1) is 11.8 Å². The highest BCUT2D eigenvalue weighted by atomic mass is 16.2. The summed E-state index contributed by atoms with van der Waals surface area (Å²) >= 11 is 0. The molecule has 3 nitrogen and oxygen atoms in total. The van der Waals surface area contributed by atoms with Crippen LogP contribution in [0.5, 0.6) is 0 Å². The molecule has 0 aromatic carbocycles. The topological polar surface area (TPSA) is 55.1 Å². The molecule has 0 heterocycles. The number of hydrogen-bond acceptors (Lipinski definition) is 2. The molecule has 3 N–H and O–H groups in total. The molecule has 1 saturated carbocycles. The van der Waals surface area contributed by atoms with Crippen molar-refractivity contribution in [1.82, 2.24) is 5.32 Å². The van der Waals surface area contributed by atoms with E-state index in [1.54, 1.807) is 6.92 Å². The molecule has 1 amide bonds. The van der Waals surface area contributed by atoms with Crippen LogP contribution < -0.4 is 11.1 Å². The predicted molar refractivity (Wildman–Crippen MR) is 62.4 cm³/mol. The Balaban J connectivity index is 2.29. The van der Waals surface area contributed by atoms with Crippen LogP contribution in [0.3, 0.4) is 0 Å². The van der Waals surface area contributed by atoms with Gasteiger partial charge in [0.05, 0.1) is 6.04 Å². The Bertz CT molecular complexity index is 206. The van der Waals surface area contributed by atoms with Gasteiger partial charge in [0.15, 0.2) is 0 Å². The lowest BCUT2D eigenvalue weighted by Gasteiger charge is -2.31. The van der Waals surface area contributed by atoms with Crippen LogP contribution in [0.25, 0.3) is 0 Å². The standard InChI is InChI=1S/C12H24N2O/c1-8(2)10-4-6-11(7-5-10)14-12(15)9(3)13/h8-11H,4-7,13H2,1-3H3,(H,14,15). The average molecular weight is 212 g/mol. The molecule has 1 fully saturated rings. The third-order valence-electron chi connectivity index (χ3n) is 3.47. The molecule has 0 bridgehead atoms. The summed E-state index contributed by atoms with van der Waals surface area (Å²) in [5, 5.41) is 3.01. The summed E-state index contributed by atoms with van der Waals surface area (Å²) in [6, 6.07) is -0.0219. The van der Waals surface area contributed by atoms with E-state index >= 15 is 0 Å². The molecule has 1 aliphatic carbocycles. The second-order valence-electron chi connectivity index (χ2n) is 5.15. The molecule has 15 heavy (non-hydrogen) atoms. The lowest BCUT2D eigenvalue weighted by Crippen LogP contribution is -2.45. The summed E-state index contributed by atoms with van der Waals surface area (Å²) in [4.78, 5) is 11.4. The summed E-state index contributed by atoms with van der Waals surface area (Å²) in [6.45, 7) is 6.30. The lowest BCUT2D eigenvalue weighted by molar-refractivity contribution is -0.123. The Morgan fingerprint density at radius 2 is 1.73 bits per heavy atom. The molecule has 88 valence electrons. The van der Waals surface area contributed by atoms with Gasteiger partial charge in [0.2, 0.25) is 5.91 Å². The smallest absolute Gasteiger partial charge is 0.236 e. The Hall–Kier alpha value is -0.570. The number of carbonyl (C=O) groups excluding carboxylic acids is 1. The van der Waals surface area contributed by atoms with Crippen LogP contribution in [0.4, 0.5) is 0 Å². The van der Waals surface area contributed by atoms with Crippen LogP contribution in [-0.2, 0) is 4.79 Å². The maximum absolute atomic E-state index is 11.4. The molecule has 1 unspecified atom stereocenters. The van der Waals surface area contributed by atoms with Gasteiger partial charge in [-0.3, -0.25) is 4.79 Å². The Kier molecular flexibility index (Phi) is 4.58. The minimum Gasteiger partial charge on any atom is -0.352 e. The monoisotopic (exact) mass is 212 g/mol. The first-order valence-electron chi connectivity index (χ1n) is 6.06. The van der Waals surface area contributed by atoms with Crippen molar-refractivity contribution in [2.45, 2.75) is 58.5 Å². The number of hydrogen-bond donors (Lipinski definition) is 2.